The molecule has 0 aliphatic carbocycles. The Hall–Kier alpha value is -1.07. The van der Waals surface area contributed by atoms with Crippen molar-refractivity contribution in [3.8, 4) is 0 Å². The van der Waals surface area contributed by atoms with Crippen LogP contribution in [-0.4, -0.2) is 24.8 Å². The molecule has 0 aromatic heterocycles. The van der Waals surface area contributed by atoms with E-state index in [0.29, 0.717) is 13.2 Å². The molecule has 1 aliphatic rings. The fourth-order valence-electron chi connectivity index (χ4n) is 2.19. The average Bonchev–Trinajstić information content (AvgIpc) is 2.35. The van der Waals surface area contributed by atoms with Crippen LogP contribution in [0, 0.1) is 0 Å². The minimum absolute atomic E-state index is 0.122. The Labute approximate surface area is 128 Å². The Morgan fingerprint density at radius 1 is 1.50 bits per heavy atom. The first kappa shape index (κ1) is 15.3. The third-order valence-electron chi connectivity index (χ3n) is 3.00. The molecule has 1 aromatic carbocycles. The Morgan fingerprint density at radius 2 is 2.25 bits per heavy atom. The second kappa shape index (κ2) is 6.14. The Bertz CT molecular complexity index is 496. The van der Waals surface area contributed by atoms with Crippen LogP contribution >= 0.6 is 15.9 Å². The number of fused-ring (bicyclic) bond motifs is 1. The van der Waals surface area contributed by atoms with Crippen molar-refractivity contribution in [2.45, 2.75) is 38.9 Å². The van der Waals surface area contributed by atoms with E-state index in [1.165, 1.54) is 5.56 Å². The molecule has 1 amide bonds. The van der Waals surface area contributed by atoms with Crippen molar-refractivity contribution in [3.05, 3.63) is 33.8 Å². The maximum Gasteiger partial charge on any atom is 0.407 e. The van der Waals surface area contributed by atoms with Crippen LogP contribution in [0.3, 0.4) is 0 Å². The van der Waals surface area contributed by atoms with E-state index < -0.39 is 11.7 Å². The summed E-state index contributed by atoms with van der Waals surface area (Å²) in [6.45, 7) is 6.61. The number of amides is 1. The molecular formula is C15H20BrNO3. The summed E-state index contributed by atoms with van der Waals surface area (Å²) in [5, 5.41) is 2.77. The lowest BCUT2D eigenvalue weighted by atomic mass is 9.97. The molecule has 2 rings (SSSR count). The molecule has 0 saturated heterocycles. The van der Waals surface area contributed by atoms with Gasteiger partial charge in [-0.15, -0.1) is 0 Å². The van der Waals surface area contributed by atoms with Crippen molar-refractivity contribution in [3.63, 3.8) is 0 Å². The van der Waals surface area contributed by atoms with Gasteiger partial charge in [0.15, 0.2) is 0 Å². The van der Waals surface area contributed by atoms with Gasteiger partial charge in [0.2, 0.25) is 0 Å². The normalized spacial score (nSPS) is 18.3. The van der Waals surface area contributed by atoms with E-state index in [2.05, 4.69) is 21.2 Å². The zero-order valence-corrected chi connectivity index (χ0v) is 13.6. The second-order valence-electron chi connectivity index (χ2n) is 5.80. The monoisotopic (exact) mass is 341 g/mol. The van der Waals surface area contributed by atoms with E-state index in [0.717, 1.165) is 16.5 Å². The molecule has 1 aliphatic heterocycles. The van der Waals surface area contributed by atoms with E-state index in [-0.39, 0.29) is 6.10 Å². The molecule has 0 spiro atoms. The molecule has 1 heterocycles. The lowest BCUT2D eigenvalue weighted by Gasteiger charge is -2.27. The number of ether oxygens (including phenoxy) is 2. The number of alkyl carbamates (subject to hydrolysis) is 1. The minimum atomic E-state index is -0.488. The summed E-state index contributed by atoms with van der Waals surface area (Å²) in [6, 6.07) is 6.06. The van der Waals surface area contributed by atoms with E-state index in [1.54, 1.807) is 0 Å². The van der Waals surface area contributed by atoms with Crippen molar-refractivity contribution in [2.75, 3.05) is 13.2 Å². The summed E-state index contributed by atoms with van der Waals surface area (Å²) in [5.41, 5.74) is 1.90. The predicted octanol–water partition coefficient (Wildman–Crippen LogP) is 3.59. The highest BCUT2D eigenvalue weighted by Crippen LogP contribution is 2.31. The molecule has 1 N–H and O–H groups in total. The maximum absolute atomic E-state index is 11.7. The number of hydrogen-bond acceptors (Lipinski definition) is 3. The number of nitrogens with one attached hydrogen (secondary N) is 1. The summed E-state index contributed by atoms with van der Waals surface area (Å²) in [7, 11) is 0. The van der Waals surface area contributed by atoms with Gasteiger partial charge in [0, 0.05) is 4.47 Å². The van der Waals surface area contributed by atoms with Gasteiger partial charge in [-0.2, -0.15) is 0 Å². The molecule has 1 aromatic rings. The maximum atomic E-state index is 11.7. The minimum Gasteiger partial charge on any atom is -0.444 e. The first-order valence-corrected chi connectivity index (χ1v) is 7.52. The van der Waals surface area contributed by atoms with E-state index >= 15 is 0 Å². The van der Waals surface area contributed by atoms with Crippen LogP contribution in [0.2, 0.25) is 0 Å². The largest absolute Gasteiger partial charge is 0.444 e. The summed E-state index contributed by atoms with van der Waals surface area (Å²) < 4.78 is 12.1. The first-order chi connectivity index (χ1) is 9.37. The Kier molecular flexibility index (Phi) is 4.70. The Balaban J connectivity index is 1.99. The molecule has 0 unspecified atom stereocenters. The standard InChI is InChI=1S/C15H20BrNO3/c1-15(2,3)20-14(18)17-9-13-11-5-4-6-12(16)10(11)7-8-19-13/h4-6,13H,7-9H2,1-3H3,(H,17,18)/t13-/m0/s1. The van der Waals surface area contributed by atoms with E-state index in [1.807, 2.05) is 39.0 Å². The van der Waals surface area contributed by atoms with Crippen LogP contribution in [0.15, 0.2) is 22.7 Å². The molecule has 5 heteroatoms. The van der Waals surface area contributed by atoms with Crippen LogP contribution < -0.4 is 5.32 Å². The van der Waals surface area contributed by atoms with Crippen LogP contribution in [0.4, 0.5) is 4.79 Å². The number of carbonyl (C=O) groups excluding carboxylic acids is 1. The summed E-state index contributed by atoms with van der Waals surface area (Å²) in [5.74, 6) is 0. The summed E-state index contributed by atoms with van der Waals surface area (Å²) >= 11 is 3.56. The molecular weight excluding hydrogens is 322 g/mol. The van der Waals surface area contributed by atoms with Gasteiger partial charge in [0.25, 0.3) is 0 Å². The molecule has 0 fully saturated rings. The summed E-state index contributed by atoms with van der Waals surface area (Å²) in [6.07, 6.45) is 0.353. The molecule has 0 radical (unpaired) electrons. The second-order valence-corrected chi connectivity index (χ2v) is 6.65. The van der Waals surface area contributed by atoms with Gasteiger partial charge in [-0.3, -0.25) is 0 Å². The van der Waals surface area contributed by atoms with Crippen LogP contribution in [0.1, 0.15) is 38.0 Å². The zero-order valence-electron chi connectivity index (χ0n) is 12.0. The van der Waals surface area contributed by atoms with Gasteiger partial charge >= 0.3 is 6.09 Å². The average molecular weight is 342 g/mol. The fourth-order valence-corrected chi connectivity index (χ4v) is 2.77. The number of halogens is 1. The third kappa shape index (κ3) is 3.96. The van der Waals surface area contributed by atoms with Gasteiger partial charge in [0.05, 0.1) is 13.2 Å². The number of benzene rings is 1. The highest BCUT2D eigenvalue weighted by atomic mass is 79.9. The van der Waals surface area contributed by atoms with Crippen LogP contribution in [0.25, 0.3) is 0 Å². The SMILES string of the molecule is CC(C)(C)OC(=O)NC[C@@H]1OCCc2c(Br)cccc21. The first-order valence-electron chi connectivity index (χ1n) is 6.72. The van der Waals surface area contributed by atoms with E-state index in [4.69, 9.17) is 9.47 Å². The van der Waals surface area contributed by atoms with Gasteiger partial charge in [-0.25, -0.2) is 4.79 Å². The van der Waals surface area contributed by atoms with Crippen molar-refractivity contribution in [2.24, 2.45) is 0 Å². The molecule has 0 saturated carbocycles. The Morgan fingerprint density at radius 3 is 2.95 bits per heavy atom. The smallest absolute Gasteiger partial charge is 0.407 e. The lowest BCUT2D eigenvalue weighted by Crippen LogP contribution is -2.36. The number of hydrogen-bond donors (Lipinski definition) is 1. The van der Waals surface area contributed by atoms with Crippen LogP contribution in [0.5, 0.6) is 0 Å². The van der Waals surface area contributed by atoms with Crippen LogP contribution in [-0.2, 0) is 15.9 Å². The zero-order chi connectivity index (χ0) is 14.8. The van der Waals surface area contributed by atoms with Crippen molar-refractivity contribution in [1.29, 1.82) is 0 Å². The quantitative estimate of drug-likeness (QED) is 0.894. The van der Waals surface area contributed by atoms with E-state index in [9.17, 15) is 4.79 Å². The fraction of sp³-hybridized carbons (Fsp3) is 0.533. The lowest BCUT2D eigenvalue weighted by molar-refractivity contribution is 0.0287. The number of rotatable bonds is 2. The number of carbonyl (C=O) groups is 1. The molecule has 110 valence electrons. The molecule has 0 bridgehead atoms. The van der Waals surface area contributed by atoms with Crippen molar-refractivity contribution >= 4 is 22.0 Å². The van der Waals surface area contributed by atoms with Gasteiger partial charge in [0.1, 0.15) is 11.7 Å². The van der Waals surface area contributed by atoms with Gasteiger partial charge < -0.3 is 14.8 Å². The highest BCUT2D eigenvalue weighted by Gasteiger charge is 2.24. The van der Waals surface area contributed by atoms with Gasteiger partial charge in [-0.1, -0.05) is 28.1 Å². The molecule has 4 nitrogen and oxygen atoms in total. The topological polar surface area (TPSA) is 47.6 Å². The summed E-state index contributed by atoms with van der Waals surface area (Å²) in [4.78, 5) is 11.7. The molecule has 1 atom stereocenters. The van der Waals surface area contributed by atoms with Crippen molar-refractivity contribution in [1.82, 2.24) is 5.32 Å². The predicted molar refractivity (Wildman–Crippen MR) is 80.8 cm³/mol. The highest BCUT2D eigenvalue weighted by molar-refractivity contribution is 9.10. The molecule has 20 heavy (non-hydrogen) atoms. The van der Waals surface area contributed by atoms with Gasteiger partial charge in [-0.05, 0) is 44.4 Å². The third-order valence-corrected chi connectivity index (χ3v) is 3.75. The van der Waals surface area contributed by atoms with Crippen molar-refractivity contribution < 1.29 is 14.3 Å².